The molecule has 7 heteroatoms. The summed E-state index contributed by atoms with van der Waals surface area (Å²) in [6.45, 7) is 1.74. The number of esters is 1. The highest BCUT2D eigenvalue weighted by atomic mass is 32.1. The summed E-state index contributed by atoms with van der Waals surface area (Å²) in [6, 6.07) is 8.11. The van der Waals surface area contributed by atoms with Crippen molar-refractivity contribution in [1.29, 1.82) is 0 Å². The number of carbonyl (C=O) groups is 2. The van der Waals surface area contributed by atoms with Crippen LogP contribution < -0.4 is 15.0 Å². The third kappa shape index (κ3) is 3.10. The van der Waals surface area contributed by atoms with Gasteiger partial charge in [-0.25, -0.2) is 9.59 Å². The summed E-state index contributed by atoms with van der Waals surface area (Å²) in [5.41, 5.74) is 2.45. The van der Waals surface area contributed by atoms with Crippen molar-refractivity contribution in [3.8, 4) is 5.75 Å². The number of amides is 2. The van der Waals surface area contributed by atoms with E-state index in [1.165, 1.54) is 23.3 Å². The molecular formula is C18H18N2O4S. The Labute approximate surface area is 149 Å². The highest BCUT2D eigenvalue weighted by Crippen LogP contribution is 2.35. The van der Waals surface area contributed by atoms with Crippen molar-refractivity contribution in [3.05, 3.63) is 57.9 Å². The molecule has 0 saturated carbocycles. The zero-order valence-electron chi connectivity index (χ0n) is 14.1. The minimum Gasteiger partial charge on any atom is -0.497 e. The summed E-state index contributed by atoms with van der Waals surface area (Å²) in [5, 5.41) is 6.71. The minimum atomic E-state index is -0.527. The van der Waals surface area contributed by atoms with Crippen LogP contribution in [0.1, 0.15) is 18.5 Å². The zero-order valence-corrected chi connectivity index (χ0v) is 14.9. The van der Waals surface area contributed by atoms with Crippen LogP contribution >= 0.6 is 11.3 Å². The van der Waals surface area contributed by atoms with Gasteiger partial charge >= 0.3 is 12.0 Å². The molecule has 3 rings (SSSR count). The summed E-state index contributed by atoms with van der Waals surface area (Å²) in [6.07, 6.45) is 0. The quantitative estimate of drug-likeness (QED) is 0.850. The minimum absolute atomic E-state index is 0.300. The van der Waals surface area contributed by atoms with E-state index in [0.29, 0.717) is 22.7 Å². The molecule has 0 spiro atoms. The third-order valence-electron chi connectivity index (χ3n) is 4.10. The molecule has 6 nitrogen and oxygen atoms in total. The van der Waals surface area contributed by atoms with E-state index < -0.39 is 12.0 Å². The SMILES string of the molecule is COC(=O)C1=C(C)N(c2ccc(OC)cc2)C(=O)NC1c1ccsc1. The Kier molecular flexibility index (Phi) is 4.76. The first-order valence-electron chi connectivity index (χ1n) is 7.62. The van der Waals surface area contributed by atoms with E-state index in [-0.39, 0.29) is 6.03 Å². The van der Waals surface area contributed by atoms with Crippen LogP contribution in [0.3, 0.4) is 0 Å². The second kappa shape index (κ2) is 6.98. The van der Waals surface area contributed by atoms with Gasteiger partial charge in [0, 0.05) is 5.70 Å². The smallest absolute Gasteiger partial charge is 0.337 e. The molecule has 2 amide bonds. The number of thiophene rings is 1. The molecule has 2 heterocycles. The van der Waals surface area contributed by atoms with Crippen LogP contribution in [0.25, 0.3) is 0 Å². The maximum Gasteiger partial charge on any atom is 0.337 e. The Morgan fingerprint density at radius 3 is 2.48 bits per heavy atom. The Bertz CT molecular complexity index is 812. The van der Waals surface area contributed by atoms with Crippen LogP contribution in [0.5, 0.6) is 5.75 Å². The van der Waals surface area contributed by atoms with Crippen LogP contribution in [-0.4, -0.2) is 26.2 Å². The summed E-state index contributed by atoms with van der Waals surface area (Å²) < 4.78 is 10.1. The number of anilines is 1. The number of hydrogen-bond donors (Lipinski definition) is 1. The Balaban J connectivity index is 2.08. The predicted molar refractivity (Wildman–Crippen MR) is 95.8 cm³/mol. The van der Waals surface area contributed by atoms with Gasteiger partial charge in [0.15, 0.2) is 0 Å². The second-order valence-electron chi connectivity index (χ2n) is 5.46. The molecule has 0 saturated heterocycles. The molecule has 2 aromatic rings. The Morgan fingerprint density at radius 1 is 1.20 bits per heavy atom. The molecule has 1 aromatic heterocycles. The summed E-state index contributed by atoms with van der Waals surface area (Å²) >= 11 is 1.50. The summed E-state index contributed by atoms with van der Waals surface area (Å²) in [4.78, 5) is 26.6. The highest BCUT2D eigenvalue weighted by molar-refractivity contribution is 7.08. The molecule has 0 bridgehead atoms. The van der Waals surface area contributed by atoms with Crippen molar-refractivity contribution >= 4 is 29.0 Å². The van der Waals surface area contributed by atoms with Gasteiger partial charge in [-0.05, 0) is 53.6 Å². The van der Waals surface area contributed by atoms with Gasteiger partial charge < -0.3 is 14.8 Å². The fraction of sp³-hybridized carbons (Fsp3) is 0.222. The fourth-order valence-electron chi connectivity index (χ4n) is 2.85. The topological polar surface area (TPSA) is 67.9 Å². The lowest BCUT2D eigenvalue weighted by Crippen LogP contribution is -2.48. The van der Waals surface area contributed by atoms with Crippen molar-refractivity contribution in [2.75, 3.05) is 19.1 Å². The molecule has 0 radical (unpaired) electrons. The number of rotatable bonds is 4. The van der Waals surface area contributed by atoms with Crippen LogP contribution in [0.15, 0.2) is 52.4 Å². The fourth-order valence-corrected chi connectivity index (χ4v) is 3.53. The highest BCUT2D eigenvalue weighted by Gasteiger charge is 2.37. The van der Waals surface area contributed by atoms with Gasteiger partial charge in [-0.15, -0.1) is 0 Å². The Morgan fingerprint density at radius 2 is 1.92 bits per heavy atom. The zero-order chi connectivity index (χ0) is 18.0. The Hall–Kier alpha value is -2.80. The first-order valence-corrected chi connectivity index (χ1v) is 8.57. The molecule has 130 valence electrons. The molecule has 0 fully saturated rings. The standard InChI is InChI=1S/C18H18N2O4S/c1-11-15(17(21)24-3)16(12-8-9-25-10-12)19-18(22)20(11)13-4-6-14(23-2)7-5-13/h4-10,16H,1-3H3,(H,19,22). The van der Waals surface area contributed by atoms with Gasteiger partial charge in [0.1, 0.15) is 5.75 Å². The maximum absolute atomic E-state index is 12.7. The van der Waals surface area contributed by atoms with E-state index in [1.54, 1.807) is 38.3 Å². The van der Waals surface area contributed by atoms with Crippen molar-refractivity contribution < 1.29 is 19.1 Å². The lowest BCUT2D eigenvalue weighted by Gasteiger charge is -2.35. The van der Waals surface area contributed by atoms with Crippen molar-refractivity contribution in [2.24, 2.45) is 0 Å². The largest absolute Gasteiger partial charge is 0.497 e. The number of hydrogen-bond acceptors (Lipinski definition) is 5. The number of urea groups is 1. The van der Waals surface area contributed by atoms with Crippen molar-refractivity contribution in [1.82, 2.24) is 5.32 Å². The number of methoxy groups -OCH3 is 2. The van der Waals surface area contributed by atoms with E-state index in [2.05, 4.69) is 5.32 Å². The third-order valence-corrected chi connectivity index (χ3v) is 4.80. The molecule has 1 aliphatic rings. The first-order chi connectivity index (χ1) is 12.1. The summed E-state index contributed by atoms with van der Waals surface area (Å²) in [5.74, 6) is 0.222. The van der Waals surface area contributed by atoms with Crippen LogP contribution in [0, 0.1) is 0 Å². The molecular weight excluding hydrogens is 340 g/mol. The van der Waals surface area contributed by atoms with E-state index in [4.69, 9.17) is 9.47 Å². The van der Waals surface area contributed by atoms with Gasteiger partial charge in [0.2, 0.25) is 0 Å². The number of benzene rings is 1. The van der Waals surface area contributed by atoms with E-state index in [0.717, 1.165) is 5.56 Å². The molecule has 25 heavy (non-hydrogen) atoms. The number of allylic oxidation sites excluding steroid dienone is 1. The normalized spacial score (nSPS) is 17.3. The maximum atomic E-state index is 12.7. The van der Waals surface area contributed by atoms with Gasteiger partial charge in [0.05, 0.1) is 31.5 Å². The first kappa shape index (κ1) is 17.0. The number of ether oxygens (including phenoxy) is 2. The van der Waals surface area contributed by atoms with Gasteiger partial charge in [-0.1, -0.05) is 0 Å². The van der Waals surface area contributed by atoms with Crippen molar-refractivity contribution in [2.45, 2.75) is 13.0 Å². The van der Waals surface area contributed by atoms with Crippen LogP contribution in [-0.2, 0) is 9.53 Å². The number of nitrogens with one attached hydrogen (secondary N) is 1. The lowest BCUT2D eigenvalue weighted by molar-refractivity contribution is -0.136. The van der Waals surface area contributed by atoms with Crippen molar-refractivity contribution in [3.63, 3.8) is 0 Å². The van der Waals surface area contributed by atoms with Gasteiger partial charge in [-0.2, -0.15) is 11.3 Å². The molecule has 1 unspecified atom stereocenters. The average molecular weight is 358 g/mol. The molecule has 1 atom stereocenters. The molecule has 1 N–H and O–H groups in total. The van der Waals surface area contributed by atoms with E-state index in [9.17, 15) is 9.59 Å². The lowest BCUT2D eigenvalue weighted by atomic mass is 9.96. The predicted octanol–water partition coefficient (Wildman–Crippen LogP) is 3.47. The number of carbonyl (C=O) groups excluding carboxylic acids is 2. The van der Waals surface area contributed by atoms with Gasteiger partial charge in [0.25, 0.3) is 0 Å². The molecule has 1 aliphatic heterocycles. The van der Waals surface area contributed by atoms with Crippen LogP contribution in [0.4, 0.5) is 10.5 Å². The summed E-state index contributed by atoms with van der Waals surface area (Å²) in [7, 11) is 2.91. The van der Waals surface area contributed by atoms with E-state index >= 15 is 0 Å². The van der Waals surface area contributed by atoms with Crippen LogP contribution in [0.2, 0.25) is 0 Å². The van der Waals surface area contributed by atoms with E-state index in [1.807, 2.05) is 16.8 Å². The second-order valence-corrected chi connectivity index (χ2v) is 6.24. The number of nitrogens with zero attached hydrogens (tertiary/aromatic N) is 1. The molecule has 0 aliphatic carbocycles. The monoisotopic (exact) mass is 358 g/mol. The van der Waals surface area contributed by atoms with Gasteiger partial charge in [-0.3, -0.25) is 4.90 Å². The molecule has 1 aromatic carbocycles. The average Bonchev–Trinajstić information content (AvgIpc) is 3.16.